The van der Waals surface area contributed by atoms with E-state index in [4.69, 9.17) is 42.9 Å². The van der Waals surface area contributed by atoms with Crippen molar-refractivity contribution >= 4 is 35.0 Å². The van der Waals surface area contributed by atoms with E-state index in [0.717, 1.165) is 0 Å². The summed E-state index contributed by atoms with van der Waals surface area (Å²) in [7, 11) is 0. The minimum atomic E-state index is -0.773. The predicted octanol–water partition coefficient (Wildman–Crippen LogP) is 4.64. The molecular formula is C19H14Cl2N2O4. The summed E-state index contributed by atoms with van der Waals surface area (Å²) in [4.78, 5) is 16.8. The van der Waals surface area contributed by atoms with Crippen LogP contribution in [0.4, 0.5) is 0 Å². The van der Waals surface area contributed by atoms with E-state index in [-0.39, 0.29) is 18.2 Å². The highest BCUT2D eigenvalue weighted by atomic mass is 35.5. The summed E-state index contributed by atoms with van der Waals surface area (Å²) in [6.45, 7) is 0.0735. The lowest BCUT2D eigenvalue weighted by atomic mass is 10.2. The first-order valence-electron chi connectivity index (χ1n) is 7.80. The van der Waals surface area contributed by atoms with Crippen LogP contribution in [0.2, 0.25) is 10.0 Å². The van der Waals surface area contributed by atoms with Gasteiger partial charge in [0.25, 0.3) is 0 Å². The van der Waals surface area contributed by atoms with Gasteiger partial charge in [-0.2, -0.15) is 0 Å². The molecule has 0 atom stereocenters. The molecular weight excluding hydrogens is 391 g/mol. The molecule has 27 heavy (non-hydrogen) atoms. The molecule has 0 saturated carbocycles. The summed E-state index contributed by atoms with van der Waals surface area (Å²) in [5.41, 5.74) is 6.40. The molecule has 6 nitrogen and oxygen atoms in total. The lowest BCUT2D eigenvalue weighted by Crippen LogP contribution is -2.15. The average Bonchev–Trinajstić information content (AvgIpc) is 3.15. The Morgan fingerprint density at radius 2 is 1.85 bits per heavy atom. The van der Waals surface area contributed by atoms with Crippen LogP contribution >= 0.6 is 23.2 Å². The molecule has 1 heterocycles. The molecule has 0 spiro atoms. The molecule has 0 aliphatic rings. The van der Waals surface area contributed by atoms with Crippen molar-refractivity contribution in [3.05, 3.63) is 87.8 Å². The largest absolute Gasteiger partial charge is 0.484 e. The Morgan fingerprint density at radius 3 is 2.59 bits per heavy atom. The van der Waals surface area contributed by atoms with Gasteiger partial charge in [0.05, 0.1) is 5.02 Å². The maximum Gasteiger partial charge on any atom is 0.400 e. The van der Waals surface area contributed by atoms with E-state index in [9.17, 15) is 4.79 Å². The fourth-order valence-electron chi connectivity index (χ4n) is 2.10. The van der Waals surface area contributed by atoms with Gasteiger partial charge in [-0.1, -0.05) is 58.7 Å². The third-order valence-electron chi connectivity index (χ3n) is 3.42. The van der Waals surface area contributed by atoms with E-state index >= 15 is 0 Å². The van der Waals surface area contributed by atoms with Crippen LogP contribution in [-0.2, 0) is 11.4 Å². The number of nitrogens with two attached hydrogens (primary N) is 1. The number of amidine groups is 1. The van der Waals surface area contributed by atoms with E-state index < -0.39 is 5.97 Å². The van der Waals surface area contributed by atoms with Gasteiger partial charge in [0.1, 0.15) is 18.1 Å². The number of rotatable bonds is 6. The molecule has 0 unspecified atom stereocenters. The highest BCUT2D eigenvalue weighted by molar-refractivity contribution is 6.35. The smallest absolute Gasteiger partial charge is 0.400 e. The third kappa shape index (κ3) is 5.03. The number of benzene rings is 2. The molecule has 0 bridgehead atoms. The number of nitrogens with zero attached hydrogens (tertiary/aromatic N) is 1. The van der Waals surface area contributed by atoms with E-state index in [1.54, 1.807) is 48.5 Å². The minimum Gasteiger partial charge on any atom is -0.484 e. The molecule has 0 saturated heterocycles. The summed E-state index contributed by atoms with van der Waals surface area (Å²) in [5, 5.41) is 4.50. The Hall–Kier alpha value is -2.96. The number of furan rings is 1. The highest BCUT2D eigenvalue weighted by Crippen LogP contribution is 2.28. The lowest BCUT2D eigenvalue weighted by molar-refractivity contribution is 0.0475. The van der Waals surface area contributed by atoms with Gasteiger partial charge in [0, 0.05) is 10.6 Å². The molecule has 2 N–H and O–H groups in total. The molecule has 0 aliphatic heterocycles. The van der Waals surface area contributed by atoms with Crippen LogP contribution < -0.4 is 10.5 Å². The van der Waals surface area contributed by atoms with E-state index in [0.29, 0.717) is 27.1 Å². The molecule has 3 aromatic rings. The molecule has 2 aromatic carbocycles. The Bertz CT molecular complexity index is 971. The standard InChI is InChI=1S/C19H14Cl2N2O4/c20-13-6-8-16(15(21)10-13)25-11-14-7-9-17(26-14)19(24)27-23-18(22)12-4-2-1-3-5-12/h1-10H,11H2,(H2,22,23). The summed E-state index contributed by atoms with van der Waals surface area (Å²) >= 11 is 11.9. The molecule has 0 amide bonds. The topological polar surface area (TPSA) is 87.1 Å². The second kappa shape index (κ2) is 8.62. The van der Waals surface area contributed by atoms with Crippen molar-refractivity contribution in [2.75, 3.05) is 0 Å². The van der Waals surface area contributed by atoms with Gasteiger partial charge in [-0.25, -0.2) is 4.79 Å². The summed E-state index contributed by atoms with van der Waals surface area (Å²) in [6, 6.07) is 16.8. The Labute approximate surface area is 165 Å². The quantitative estimate of drug-likeness (QED) is 0.279. The molecule has 0 aliphatic carbocycles. The van der Waals surface area contributed by atoms with Crippen molar-refractivity contribution in [3.63, 3.8) is 0 Å². The van der Waals surface area contributed by atoms with Crippen LogP contribution in [0.25, 0.3) is 0 Å². The van der Waals surface area contributed by atoms with Crippen LogP contribution in [0, 0.1) is 0 Å². The lowest BCUT2D eigenvalue weighted by Gasteiger charge is -2.06. The Balaban J connectivity index is 1.59. The zero-order valence-corrected chi connectivity index (χ0v) is 15.4. The average molecular weight is 405 g/mol. The minimum absolute atomic E-state index is 0.0274. The second-order valence-corrected chi connectivity index (χ2v) is 6.19. The maximum atomic E-state index is 12.0. The van der Waals surface area contributed by atoms with Gasteiger partial charge in [0.2, 0.25) is 5.76 Å². The predicted molar refractivity (Wildman–Crippen MR) is 102 cm³/mol. The molecule has 138 valence electrons. The fraction of sp³-hybridized carbons (Fsp3) is 0.0526. The molecule has 8 heteroatoms. The van der Waals surface area contributed by atoms with Crippen molar-refractivity contribution in [1.82, 2.24) is 0 Å². The van der Waals surface area contributed by atoms with Crippen molar-refractivity contribution < 1.29 is 18.8 Å². The van der Waals surface area contributed by atoms with Crippen molar-refractivity contribution in [3.8, 4) is 5.75 Å². The van der Waals surface area contributed by atoms with Crippen molar-refractivity contribution in [1.29, 1.82) is 0 Å². The highest BCUT2D eigenvalue weighted by Gasteiger charge is 2.14. The SMILES string of the molecule is N/C(=N\OC(=O)c1ccc(COc2ccc(Cl)cc2Cl)o1)c1ccccc1. The molecule has 0 radical (unpaired) electrons. The summed E-state index contributed by atoms with van der Waals surface area (Å²) < 4.78 is 10.9. The van der Waals surface area contributed by atoms with Crippen LogP contribution in [0.5, 0.6) is 5.75 Å². The van der Waals surface area contributed by atoms with Crippen molar-refractivity contribution in [2.45, 2.75) is 6.61 Å². The third-order valence-corrected chi connectivity index (χ3v) is 3.95. The second-order valence-electron chi connectivity index (χ2n) is 5.35. The van der Waals surface area contributed by atoms with Crippen LogP contribution in [0.1, 0.15) is 21.9 Å². The zero-order valence-electron chi connectivity index (χ0n) is 13.9. The normalized spacial score (nSPS) is 11.3. The number of hydrogen-bond acceptors (Lipinski definition) is 5. The number of carbonyl (C=O) groups is 1. The van der Waals surface area contributed by atoms with E-state index in [2.05, 4.69) is 5.16 Å². The number of ether oxygens (including phenoxy) is 1. The van der Waals surface area contributed by atoms with Gasteiger partial charge in [-0.3, -0.25) is 0 Å². The number of oxime groups is 1. The molecule has 3 rings (SSSR count). The number of carbonyl (C=O) groups excluding carboxylic acids is 1. The van der Waals surface area contributed by atoms with Crippen molar-refractivity contribution in [2.24, 2.45) is 10.9 Å². The van der Waals surface area contributed by atoms with Crippen LogP contribution in [0.3, 0.4) is 0 Å². The van der Waals surface area contributed by atoms with Crippen LogP contribution in [-0.4, -0.2) is 11.8 Å². The van der Waals surface area contributed by atoms with E-state index in [1.165, 1.54) is 6.07 Å². The van der Waals surface area contributed by atoms with Gasteiger partial charge in [0.15, 0.2) is 5.84 Å². The summed E-state index contributed by atoms with van der Waals surface area (Å²) in [6.07, 6.45) is 0. The first-order chi connectivity index (χ1) is 13.0. The fourth-order valence-corrected chi connectivity index (χ4v) is 2.57. The number of halogens is 2. The monoisotopic (exact) mass is 404 g/mol. The zero-order chi connectivity index (χ0) is 19.2. The molecule has 1 aromatic heterocycles. The Morgan fingerprint density at radius 1 is 1.07 bits per heavy atom. The maximum absolute atomic E-state index is 12.0. The Kier molecular flexibility index (Phi) is 6.01. The van der Waals surface area contributed by atoms with Gasteiger partial charge in [-0.05, 0) is 30.3 Å². The number of hydrogen-bond donors (Lipinski definition) is 1. The van der Waals surface area contributed by atoms with Crippen LogP contribution in [0.15, 0.2) is 70.2 Å². The van der Waals surface area contributed by atoms with Gasteiger partial charge >= 0.3 is 5.97 Å². The first-order valence-corrected chi connectivity index (χ1v) is 8.55. The van der Waals surface area contributed by atoms with Gasteiger partial charge in [-0.15, -0.1) is 0 Å². The molecule has 0 fully saturated rings. The van der Waals surface area contributed by atoms with Gasteiger partial charge < -0.3 is 19.7 Å². The summed E-state index contributed by atoms with van der Waals surface area (Å²) in [5.74, 6) is 0.135. The first kappa shape index (κ1) is 18.8. The van der Waals surface area contributed by atoms with E-state index in [1.807, 2.05) is 6.07 Å².